The number of benzene rings is 1. The number of anilines is 1. The number of nitrogens with one attached hydrogen (secondary N) is 2. The number of carbonyl (C=O) groups excluding carboxylic acids is 1. The zero-order valence-electron chi connectivity index (χ0n) is 12.3. The van der Waals surface area contributed by atoms with Crippen molar-refractivity contribution in [1.29, 1.82) is 0 Å². The summed E-state index contributed by atoms with van der Waals surface area (Å²) in [6.07, 6.45) is 3.57. The Kier molecular flexibility index (Phi) is 5.20. The van der Waals surface area contributed by atoms with Gasteiger partial charge in [0, 0.05) is 12.2 Å². The first-order valence-corrected chi connectivity index (χ1v) is 7.40. The van der Waals surface area contributed by atoms with Gasteiger partial charge in [-0.25, -0.2) is 4.79 Å². The molecule has 0 spiro atoms. The Morgan fingerprint density at radius 1 is 1.29 bits per heavy atom. The first-order valence-electron chi connectivity index (χ1n) is 7.40. The summed E-state index contributed by atoms with van der Waals surface area (Å²) in [5, 5.41) is 14.8. The van der Waals surface area contributed by atoms with E-state index in [2.05, 4.69) is 10.6 Å². The highest BCUT2D eigenvalue weighted by molar-refractivity contribution is 5.89. The summed E-state index contributed by atoms with van der Waals surface area (Å²) >= 11 is 0. The lowest BCUT2D eigenvalue weighted by Crippen LogP contribution is -2.38. The predicted octanol–water partition coefficient (Wildman–Crippen LogP) is 3.01. The number of carboxylic acid groups (broad SMARTS) is 1. The lowest BCUT2D eigenvalue weighted by atomic mass is 9.79. The topological polar surface area (TPSA) is 78.4 Å². The molecule has 3 N–H and O–H groups in total. The van der Waals surface area contributed by atoms with E-state index >= 15 is 0 Å². The maximum Gasteiger partial charge on any atom is 0.319 e. The zero-order chi connectivity index (χ0) is 15.2. The van der Waals surface area contributed by atoms with E-state index in [0.29, 0.717) is 13.0 Å². The molecule has 21 heavy (non-hydrogen) atoms. The van der Waals surface area contributed by atoms with Gasteiger partial charge in [0.2, 0.25) is 0 Å². The number of carbonyl (C=O) groups is 2. The average Bonchev–Trinajstić information content (AvgIpc) is 2.45. The summed E-state index contributed by atoms with van der Waals surface area (Å²) in [5.41, 5.74) is 1.82. The Morgan fingerprint density at radius 3 is 2.76 bits per heavy atom. The number of rotatable bonds is 4. The number of hydrogen-bond acceptors (Lipinski definition) is 2. The molecule has 1 fully saturated rings. The van der Waals surface area contributed by atoms with Gasteiger partial charge in [-0.1, -0.05) is 25.0 Å². The summed E-state index contributed by atoms with van der Waals surface area (Å²) in [6, 6.07) is 7.28. The molecule has 114 valence electrons. The van der Waals surface area contributed by atoms with Crippen LogP contribution in [0.2, 0.25) is 0 Å². The second-order valence-electron chi connectivity index (χ2n) is 5.69. The first kappa shape index (κ1) is 15.4. The smallest absolute Gasteiger partial charge is 0.319 e. The van der Waals surface area contributed by atoms with Crippen molar-refractivity contribution in [1.82, 2.24) is 5.32 Å². The summed E-state index contributed by atoms with van der Waals surface area (Å²) in [7, 11) is 0. The minimum absolute atomic E-state index is 0.0273. The van der Waals surface area contributed by atoms with Crippen LogP contribution in [0, 0.1) is 18.8 Å². The van der Waals surface area contributed by atoms with Gasteiger partial charge < -0.3 is 15.7 Å². The second-order valence-corrected chi connectivity index (χ2v) is 5.69. The highest BCUT2D eigenvalue weighted by atomic mass is 16.4. The molecule has 5 heteroatoms. The molecule has 0 aromatic heterocycles. The maximum atomic E-state index is 11.9. The van der Waals surface area contributed by atoms with Gasteiger partial charge in [-0.2, -0.15) is 0 Å². The Balaban J connectivity index is 1.84. The van der Waals surface area contributed by atoms with Gasteiger partial charge in [-0.3, -0.25) is 4.79 Å². The van der Waals surface area contributed by atoms with Gasteiger partial charge in [0.05, 0.1) is 5.92 Å². The number of carboxylic acids is 1. The van der Waals surface area contributed by atoms with E-state index in [4.69, 9.17) is 0 Å². The number of amides is 2. The molecular formula is C16H22N2O3. The van der Waals surface area contributed by atoms with Crippen molar-refractivity contribution in [2.24, 2.45) is 11.8 Å². The van der Waals surface area contributed by atoms with Crippen LogP contribution in [0.3, 0.4) is 0 Å². The summed E-state index contributed by atoms with van der Waals surface area (Å²) in [6.45, 7) is 2.37. The Hall–Kier alpha value is -2.04. The van der Waals surface area contributed by atoms with Gasteiger partial charge in [-0.15, -0.1) is 0 Å². The van der Waals surface area contributed by atoms with Crippen molar-refractivity contribution in [3.63, 3.8) is 0 Å². The van der Waals surface area contributed by atoms with Crippen LogP contribution in [0.15, 0.2) is 24.3 Å². The van der Waals surface area contributed by atoms with Crippen LogP contribution < -0.4 is 10.6 Å². The molecule has 1 aliphatic carbocycles. The summed E-state index contributed by atoms with van der Waals surface area (Å²) < 4.78 is 0. The van der Waals surface area contributed by atoms with Crippen molar-refractivity contribution >= 4 is 17.7 Å². The van der Waals surface area contributed by atoms with Crippen LogP contribution in [0.4, 0.5) is 10.5 Å². The molecule has 5 nitrogen and oxygen atoms in total. The van der Waals surface area contributed by atoms with E-state index < -0.39 is 5.97 Å². The van der Waals surface area contributed by atoms with Crippen LogP contribution in [0.5, 0.6) is 0 Å². The molecule has 0 heterocycles. The molecule has 2 amide bonds. The van der Waals surface area contributed by atoms with E-state index in [9.17, 15) is 14.7 Å². The molecule has 0 bridgehead atoms. The van der Waals surface area contributed by atoms with Crippen LogP contribution >= 0.6 is 0 Å². The number of urea groups is 1. The van der Waals surface area contributed by atoms with Gasteiger partial charge in [-0.05, 0) is 43.4 Å². The minimum Gasteiger partial charge on any atom is -0.481 e. The molecule has 2 unspecified atom stereocenters. The van der Waals surface area contributed by atoms with Crippen molar-refractivity contribution in [3.8, 4) is 0 Å². The Labute approximate surface area is 124 Å². The van der Waals surface area contributed by atoms with Gasteiger partial charge in [0.1, 0.15) is 0 Å². The monoisotopic (exact) mass is 290 g/mol. The molecule has 0 radical (unpaired) electrons. The third kappa shape index (κ3) is 4.48. The van der Waals surface area contributed by atoms with Crippen molar-refractivity contribution in [2.75, 3.05) is 11.9 Å². The first-order chi connectivity index (χ1) is 10.1. The minimum atomic E-state index is -0.749. The third-order valence-corrected chi connectivity index (χ3v) is 4.03. The molecule has 1 aromatic carbocycles. The van der Waals surface area contributed by atoms with Crippen LogP contribution in [-0.2, 0) is 4.79 Å². The fraction of sp³-hybridized carbons (Fsp3) is 0.500. The van der Waals surface area contributed by atoms with E-state index in [1.54, 1.807) is 0 Å². The Bertz CT molecular complexity index is 516. The SMILES string of the molecule is Cc1cccc(NC(=O)NCC2CCCCC2C(=O)O)c1. The average molecular weight is 290 g/mol. The zero-order valence-corrected chi connectivity index (χ0v) is 12.3. The molecule has 1 saturated carbocycles. The van der Waals surface area contributed by atoms with Gasteiger partial charge in [0.15, 0.2) is 0 Å². The molecule has 2 rings (SSSR count). The van der Waals surface area contributed by atoms with Gasteiger partial charge in [0.25, 0.3) is 0 Å². The lowest BCUT2D eigenvalue weighted by molar-refractivity contribution is -0.144. The lowest BCUT2D eigenvalue weighted by Gasteiger charge is -2.28. The summed E-state index contributed by atoms with van der Waals surface area (Å²) in [5.74, 6) is -1.06. The van der Waals surface area contributed by atoms with E-state index in [1.165, 1.54) is 0 Å². The standard InChI is InChI=1S/C16H22N2O3/c1-11-5-4-7-13(9-11)18-16(21)17-10-12-6-2-3-8-14(12)15(19)20/h4-5,7,9,12,14H,2-3,6,8,10H2,1H3,(H,19,20)(H2,17,18,21). The van der Waals surface area contributed by atoms with Gasteiger partial charge >= 0.3 is 12.0 Å². The van der Waals surface area contributed by atoms with Crippen molar-refractivity contribution in [2.45, 2.75) is 32.6 Å². The predicted molar refractivity (Wildman–Crippen MR) is 81.3 cm³/mol. The number of aryl methyl sites for hydroxylation is 1. The molecule has 1 aliphatic rings. The van der Waals surface area contributed by atoms with Crippen molar-refractivity contribution in [3.05, 3.63) is 29.8 Å². The largest absolute Gasteiger partial charge is 0.481 e. The quantitative estimate of drug-likeness (QED) is 0.797. The molecule has 2 atom stereocenters. The van der Waals surface area contributed by atoms with E-state index in [-0.39, 0.29) is 17.9 Å². The molecule has 0 aliphatic heterocycles. The van der Waals surface area contributed by atoms with Crippen LogP contribution in [0.1, 0.15) is 31.2 Å². The van der Waals surface area contributed by atoms with Crippen LogP contribution in [0.25, 0.3) is 0 Å². The molecular weight excluding hydrogens is 268 g/mol. The highest BCUT2D eigenvalue weighted by Gasteiger charge is 2.30. The normalized spacial score (nSPS) is 21.6. The fourth-order valence-corrected chi connectivity index (χ4v) is 2.90. The number of hydrogen-bond donors (Lipinski definition) is 3. The van der Waals surface area contributed by atoms with Crippen molar-refractivity contribution < 1.29 is 14.7 Å². The molecule has 0 saturated heterocycles. The van der Waals surface area contributed by atoms with E-state index in [1.807, 2.05) is 31.2 Å². The number of aliphatic carboxylic acids is 1. The fourth-order valence-electron chi connectivity index (χ4n) is 2.90. The Morgan fingerprint density at radius 2 is 2.05 bits per heavy atom. The van der Waals surface area contributed by atoms with Crippen LogP contribution in [-0.4, -0.2) is 23.7 Å². The summed E-state index contributed by atoms with van der Waals surface area (Å²) in [4.78, 5) is 23.1. The van der Waals surface area contributed by atoms with E-state index in [0.717, 1.165) is 30.5 Å². The molecule has 1 aromatic rings. The second kappa shape index (κ2) is 7.11. The maximum absolute atomic E-state index is 11.9. The highest BCUT2D eigenvalue weighted by Crippen LogP contribution is 2.29. The third-order valence-electron chi connectivity index (χ3n) is 4.03.